The van der Waals surface area contributed by atoms with Crippen LogP contribution >= 0.6 is 22.9 Å². The van der Waals surface area contributed by atoms with Crippen molar-refractivity contribution in [2.24, 2.45) is 11.3 Å². The highest BCUT2D eigenvalue weighted by molar-refractivity contribution is 7.09. The average molecular weight is 453 g/mol. The molecule has 1 aromatic heterocycles. The first kappa shape index (κ1) is 24.6. The Morgan fingerprint density at radius 2 is 2.00 bits per heavy atom. The predicted octanol–water partition coefficient (Wildman–Crippen LogP) is 5.68. The summed E-state index contributed by atoms with van der Waals surface area (Å²) in [6.45, 7) is 13.2. The van der Waals surface area contributed by atoms with Crippen molar-refractivity contribution in [2.75, 3.05) is 0 Å². The van der Waals surface area contributed by atoms with Crippen molar-refractivity contribution in [2.45, 2.75) is 73.8 Å². The van der Waals surface area contributed by atoms with Crippen molar-refractivity contribution < 1.29 is 14.6 Å². The van der Waals surface area contributed by atoms with E-state index in [4.69, 9.17) is 16.3 Å². The van der Waals surface area contributed by atoms with E-state index in [2.05, 4.69) is 46.5 Å². The molecule has 0 radical (unpaired) electrons. The fourth-order valence-electron chi connectivity index (χ4n) is 3.00. The van der Waals surface area contributed by atoms with Crippen LogP contribution in [0.15, 0.2) is 23.6 Å². The van der Waals surface area contributed by atoms with Crippen LogP contribution in [-0.2, 0) is 24.6 Å². The third-order valence-corrected chi connectivity index (χ3v) is 6.04. The Labute approximate surface area is 189 Å². The van der Waals surface area contributed by atoms with Crippen molar-refractivity contribution in [1.82, 2.24) is 9.88 Å². The molecule has 2 rings (SSSR count). The van der Waals surface area contributed by atoms with Crippen LogP contribution in [0.1, 0.15) is 64.2 Å². The first-order valence-corrected chi connectivity index (χ1v) is 11.5. The van der Waals surface area contributed by atoms with Gasteiger partial charge in [0.25, 0.3) is 0 Å². The zero-order valence-electron chi connectivity index (χ0n) is 18.7. The maximum absolute atomic E-state index is 13.1. The molecular formula is C23H33ClN2O3S. The lowest BCUT2D eigenvalue weighted by Crippen LogP contribution is -2.42. The maximum Gasteiger partial charge on any atom is 0.223 e. The Kier molecular flexibility index (Phi) is 8.71. The number of hydrogen-bond acceptors (Lipinski definition) is 5. The molecule has 0 aliphatic rings. The lowest BCUT2D eigenvalue weighted by Gasteiger charge is -2.34. The minimum absolute atomic E-state index is 0.0813. The van der Waals surface area contributed by atoms with Gasteiger partial charge >= 0.3 is 0 Å². The van der Waals surface area contributed by atoms with Crippen LogP contribution in [0.4, 0.5) is 0 Å². The summed E-state index contributed by atoms with van der Waals surface area (Å²) in [6, 6.07) is 5.57. The van der Waals surface area contributed by atoms with Gasteiger partial charge in [-0.3, -0.25) is 4.79 Å². The van der Waals surface area contributed by atoms with Crippen LogP contribution in [0.3, 0.4) is 0 Å². The highest BCUT2D eigenvalue weighted by atomic mass is 35.5. The molecule has 0 bridgehead atoms. The first-order valence-electron chi connectivity index (χ1n) is 10.2. The molecule has 1 atom stereocenters. The Balaban J connectivity index is 2.25. The van der Waals surface area contributed by atoms with E-state index in [9.17, 15) is 9.90 Å². The number of thiazole rings is 1. The molecule has 2 aromatic rings. The molecule has 30 heavy (non-hydrogen) atoms. The van der Waals surface area contributed by atoms with Crippen molar-refractivity contribution >= 4 is 28.8 Å². The number of ether oxygens (including phenoxy) is 1. The van der Waals surface area contributed by atoms with Gasteiger partial charge in [0.2, 0.25) is 5.91 Å². The van der Waals surface area contributed by atoms with Gasteiger partial charge in [0.15, 0.2) is 0 Å². The topological polar surface area (TPSA) is 62.7 Å². The molecule has 0 saturated heterocycles. The second-order valence-corrected chi connectivity index (χ2v) is 10.6. The number of halogens is 1. The SMILES string of the molecule is CC(C)[C@@H](C)N(Cc1cc(Cl)ccc1OCc1nc(CO)cs1)C(=O)CC(C)(C)C. The van der Waals surface area contributed by atoms with E-state index in [1.807, 2.05) is 22.4 Å². The monoisotopic (exact) mass is 452 g/mol. The number of carbonyl (C=O) groups is 1. The van der Waals surface area contributed by atoms with Gasteiger partial charge in [0.1, 0.15) is 17.4 Å². The van der Waals surface area contributed by atoms with Crippen molar-refractivity contribution in [3.63, 3.8) is 0 Å². The molecule has 1 heterocycles. The summed E-state index contributed by atoms with van der Waals surface area (Å²) < 4.78 is 6.03. The van der Waals surface area contributed by atoms with Gasteiger partial charge in [-0.05, 0) is 36.5 Å². The summed E-state index contributed by atoms with van der Waals surface area (Å²) in [5, 5.41) is 12.4. The Morgan fingerprint density at radius 3 is 2.57 bits per heavy atom. The van der Waals surface area contributed by atoms with E-state index >= 15 is 0 Å². The number of aliphatic hydroxyl groups is 1. The number of aliphatic hydroxyl groups excluding tert-OH is 1. The normalized spacial score (nSPS) is 12.8. The minimum Gasteiger partial charge on any atom is -0.486 e. The minimum atomic E-state index is -0.0883. The zero-order valence-corrected chi connectivity index (χ0v) is 20.3. The van der Waals surface area contributed by atoms with Crippen molar-refractivity contribution in [1.29, 1.82) is 0 Å². The molecule has 0 fully saturated rings. The largest absolute Gasteiger partial charge is 0.486 e. The van der Waals surface area contributed by atoms with Gasteiger partial charge in [-0.15, -0.1) is 11.3 Å². The number of nitrogens with zero attached hydrogens (tertiary/aromatic N) is 2. The van der Waals surface area contributed by atoms with Crippen molar-refractivity contribution in [3.8, 4) is 5.75 Å². The van der Waals surface area contributed by atoms with Gasteiger partial charge in [-0.2, -0.15) is 0 Å². The highest BCUT2D eigenvalue weighted by Crippen LogP contribution is 2.29. The second kappa shape index (κ2) is 10.6. The van der Waals surface area contributed by atoms with E-state index in [1.165, 1.54) is 11.3 Å². The van der Waals surface area contributed by atoms with Gasteiger partial charge < -0.3 is 14.7 Å². The summed E-state index contributed by atoms with van der Waals surface area (Å²) >= 11 is 7.72. The summed E-state index contributed by atoms with van der Waals surface area (Å²) in [4.78, 5) is 19.4. The molecule has 1 amide bonds. The molecule has 0 spiro atoms. The smallest absolute Gasteiger partial charge is 0.223 e. The van der Waals surface area contributed by atoms with Gasteiger partial charge in [-0.25, -0.2) is 4.98 Å². The summed E-state index contributed by atoms with van der Waals surface area (Å²) in [6.07, 6.45) is 0.476. The lowest BCUT2D eigenvalue weighted by atomic mass is 9.90. The summed E-state index contributed by atoms with van der Waals surface area (Å²) in [7, 11) is 0. The number of carbonyl (C=O) groups excluding carboxylic acids is 1. The fraction of sp³-hybridized carbons (Fsp3) is 0.565. The standard InChI is InChI=1S/C23H33ClN2O3S/c1-15(2)16(3)26(22(28)10-23(4,5)6)11-17-9-18(24)7-8-20(17)29-13-21-25-19(12-27)14-30-21/h7-9,14-16,27H,10-13H2,1-6H3/t16-/m1/s1. The lowest BCUT2D eigenvalue weighted by molar-refractivity contribution is -0.136. The highest BCUT2D eigenvalue weighted by Gasteiger charge is 2.27. The van der Waals surface area contributed by atoms with Crippen LogP contribution in [-0.4, -0.2) is 26.9 Å². The second-order valence-electron chi connectivity index (χ2n) is 9.18. The number of aromatic nitrogens is 1. The van der Waals surface area contributed by atoms with Gasteiger partial charge in [-0.1, -0.05) is 46.2 Å². The first-order chi connectivity index (χ1) is 14.0. The van der Waals surface area contributed by atoms with Crippen LogP contribution in [0, 0.1) is 11.3 Å². The fourth-order valence-corrected chi connectivity index (χ4v) is 3.89. The van der Waals surface area contributed by atoms with Gasteiger partial charge in [0.05, 0.1) is 12.3 Å². The quantitative estimate of drug-likeness (QED) is 0.531. The summed E-state index contributed by atoms with van der Waals surface area (Å²) in [5.41, 5.74) is 1.42. The van der Waals surface area contributed by atoms with Crippen LogP contribution in [0.5, 0.6) is 5.75 Å². The molecule has 0 aliphatic carbocycles. The maximum atomic E-state index is 13.1. The zero-order chi connectivity index (χ0) is 22.5. The number of rotatable bonds is 9. The molecule has 166 valence electrons. The van der Waals surface area contributed by atoms with E-state index < -0.39 is 0 Å². The average Bonchev–Trinajstić information content (AvgIpc) is 3.11. The van der Waals surface area contributed by atoms with Gasteiger partial charge in [0, 0.05) is 35.0 Å². The number of amides is 1. The third-order valence-electron chi connectivity index (χ3n) is 4.93. The Bertz CT molecular complexity index is 845. The van der Waals surface area contributed by atoms with Crippen LogP contribution in [0.2, 0.25) is 5.02 Å². The molecule has 5 nitrogen and oxygen atoms in total. The molecule has 7 heteroatoms. The summed E-state index contributed by atoms with van der Waals surface area (Å²) in [5.74, 6) is 1.14. The predicted molar refractivity (Wildman–Crippen MR) is 123 cm³/mol. The molecular weight excluding hydrogens is 420 g/mol. The van der Waals surface area contributed by atoms with Crippen LogP contribution in [0.25, 0.3) is 0 Å². The molecule has 0 unspecified atom stereocenters. The van der Waals surface area contributed by atoms with Crippen molar-refractivity contribution in [3.05, 3.63) is 44.9 Å². The Morgan fingerprint density at radius 1 is 1.30 bits per heavy atom. The van der Waals surface area contributed by atoms with E-state index in [0.29, 0.717) is 42.0 Å². The van der Waals surface area contributed by atoms with E-state index in [-0.39, 0.29) is 24.0 Å². The number of hydrogen-bond donors (Lipinski definition) is 1. The molecule has 1 aromatic carbocycles. The molecule has 0 aliphatic heterocycles. The van der Waals surface area contributed by atoms with E-state index in [1.54, 1.807) is 6.07 Å². The van der Waals surface area contributed by atoms with E-state index in [0.717, 1.165) is 10.6 Å². The van der Waals surface area contributed by atoms with Crippen LogP contribution < -0.4 is 4.74 Å². The Hall–Kier alpha value is -1.63. The molecule has 0 saturated carbocycles. The number of benzene rings is 1. The third kappa shape index (κ3) is 7.25. The molecule has 1 N–H and O–H groups in total.